The minimum Gasteiger partial charge on any atom is -0.476 e. The van der Waals surface area contributed by atoms with Gasteiger partial charge < -0.3 is 5.11 Å². The fraction of sp³-hybridized carbons (Fsp3) is 0.500. The van der Waals surface area contributed by atoms with Gasteiger partial charge >= 0.3 is 12.1 Å². The van der Waals surface area contributed by atoms with E-state index in [2.05, 4.69) is 20.4 Å². The minimum atomic E-state index is -4.89. The number of aromatic carboxylic acids is 1. The van der Waals surface area contributed by atoms with E-state index in [9.17, 15) is 18.0 Å². The molecule has 114 valence electrons. The predicted octanol–water partition coefficient (Wildman–Crippen LogP) is 1.22. The minimum absolute atomic E-state index is 0.112. The van der Waals surface area contributed by atoms with Gasteiger partial charge in [-0.05, 0) is 13.8 Å². The van der Waals surface area contributed by atoms with Crippen LogP contribution in [0.15, 0.2) is 6.33 Å². The number of hydrogen-bond acceptors (Lipinski definition) is 5. The van der Waals surface area contributed by atoms with Crippen molar-refractivity contribution < 1.29 is 23.1 Å². The first-order valence-electron chi connectivity index (χ1n) is 5.84. The summed E-state index contributed by atoms with van der Waals surface area (Å²) in [4.78, 5) is 14.7. The Labute approximate surface area is 116 Å². The summed E-state index contributed by atoms with van der Waals surface area (Å²) >= 11 is 0. The zero-order chi connectivity index (χ0) is 15.8. The molecule has 0 fully saturated rings. The maximum absolute atomic E-state index is 13.0. The van der Waals surface area contributed by atoms with E-state index in [1.807, 2.05) is 0 Å². The molecule has 8 nitrogen and oxygen atoms in total. The molecule has 2 rings (SSSR count). The van der Waals surface area contributed by atoms with Crippen molar-refractivity contribution in [1.82, 2.24) is 29.8 Å². The molecule has 0 spiro atoms. The number of alkyl halides is 3. The Balaban J connectivity index is 2.46. The maximum atomic E-state index is 13.0. The monoisotopic (exact) mass is 304 g/mol. The van der Waals surface area contributed by atoms with Crippen molar-refractivity contribution in [3.63, 3.8) is 0 Å². The van der Waals surface area contributed by atoms with Gasteiger partial charge in [-0.25, -0.2) is 19.1 Å². The summed E-state index contributed by atoms with van der Waals surface area (Å²) in [7, 11) is 0. The highest BCUT2D eigenvalue weighted by molar-refractivity contribution is 5.86. The predicted molar refractivity (Wildman–Crippen MR) is 61.5 cm³/mol. The molecule has 0 bridgehead atoms. The normalized spacial score (nSPS) is 12.1. The quantitative estimate of drug-likeness (QED) is 0.911. The number of carboxylic acid groups (broad SMARTS) is 1. The zero-order valence-electron chi connectivity index (χ0n) is 11.0. The van der Waals surface area contributed by atoms with Gasteiger partial charge in [0.2, 0.25) is 5.69 Å². The molecule has 0 aliphatic heterocycles. The van der Waals surface area contributed by atoms with Crippen LogP contribution in [0, 0.1) is 0 Å². The Morgan fingerprint density at radius 3 is 2.62 bits per heavy atom. The number of aromatic nitrogens is 6. The molecule has 11 heteroatoms. The highest BCUT2D eigenvalue weighted by atomic mass is 19.4. The molecule has 2 heterocycles. The third kappa shape index (κ3) is 2.85. The van der Waals surface area contributed by atoms with Crippen LogP contribution in [0.25, 0.3) is 0 Å². The van der Waals surface area contributed by atoms with Crippen molar-refractivity contribution in [3.8, 4) is 0 Å². The van der Waals surface area contributed by atoms with Crippen LogP contribution in [0.4, 0.5) is 13.2 Å². The summed E-state index contributed by atoms with van der Waals surface area (Å²) in [5.74, 6) is -1.57. The standard InChI is InChI=1S/C10H11F3N6O2/c1-5(2)19-6(14-4-15-19)3-18-8(10(11,12)13)7(9(20)21)16-17-18/h4-5H,3H2,1-2H3,(H,20,21). The van der Waals surface area contributed by atoms with Crippen molar-refractivity contribution in [1.29, 1.82) is 0 Å². The molecule has 1 N–H and O–H groups in total. The third-order valence-corrected chi connectivity index (χ3v) is 2.63. The van der Waals surface area contributed by atoms with Crippen LogP contribution >= 0.6 is 0 Å². The molecule has 0 atom stereocenters. The van der Waals surface area contributed by atoms with Gasteiger partial charge in [0.05, 0.1) is 0 Å². The maximum Gasteiger partial charge on any atom is 0.435 e. The van der Waals surface area contributed by atoms with E-state index >= 15 is 0 Å². The summed E-state index contributed by atoms with van der Waals surface area (Å²) < 4.78 is 40.8. The largest absolute Gasteiger partial charge is 0.476 e. The van der Waals surface area contributed by atoms with Crippen LogP contribution in [0.3, 0.4) is 0 Å². The van der Waals surface area contributed by atoms with Gasteiger partial charge in [0.1, 0.15) is 18.7 Å². The van der Waals surface area contributed by atoms with E-state index in [1.165, 1.54) is 11.0 Å². The number of nitrogens with zero attached hydrogens (tertiary/aromatic N) is 6. The van der Waals surface area contributed by atoms with Gasteiger partial charge in [-0.2, -0.15) is 18.3 Å². The lowest BCUT2D eigenvalue weighted by Crippen LogP contribution is -2.21. The van der Waals surface area contributed by atoms with Crippen LogP contribution in [0.1, 0.15) is 41.9 Å². The Hall–Kier alpha value is -2.46. The molecule has 0 radical (unpaired) electrons. The van der Waals surface area contributed by atoms with Crippen LogP contribution in [0.2, 0.25) is 0 Å². The first kappa shape index (κ1) is 14.9. The molecule has 0 amide bonds. The van der Waals surface area contributed by atoms with Crippen molar-refractivity contribution in [2.45, 2.75) is 32.6 Å². The molecular weight excluding hydrogens is 293 g/mol. The number of carbonyl (C=O) groups is 1. The number of rotatable bonds is 4. The van der Waals surface area contributed by atoms with E-state index in [1.54, 1.807) is 13.8 Å². The molecule has 0 aliphatic rings. The Morgan fingerprint density at radius 1 is 1.43 bits per heavy atom. The lowest BCUT2D eigenvalue weighted by atomic mass is 10.3. The number of carboxylic acids is 1. The molecule has 0 unspecified atom stereocenters. The van der Waals surface area contributed by atoms with Gasteiger partial charge in [0.25, 0.3) is 0 Å². The van der Waals surface area contributed by atoms with E-state index in [0.29, 0.717) is 4.68 Å². The number of halogens is 3. The van der Waals surface area contributed by atoms with Crippen LogP contribution in [0.5, 0.6) is 0 Å². The van der Waals surface area contributed by atoms with Crippen molar-refractivity contribution in [2.75, 3.05) is 0 Å². The van der Waals surface area contributed by atoms with Crippen LogP contribution < -0.4 is 0 Å². The van der Waals surface area contributed by atoms with E-state index in [-0.39, 0.29) is 18.4 Å². The van der Waals surface area contributed by atoms with E-state index in [4.69, 9.17) is 5.11 Å². The average Bonchev–Trinajstić information content (AvgIpc) is 2.94. The topological polar surface area (TPSA) is 98.7 Å². The van der Waals surface area contributed by atoms with Crippen LogP contribution in [-0.2, 0) is 12.7 Å². The van der Waals surface area contributed by atoms with E-state index < -0.39 is 23.5 Å². The fourth-order valence-corrected chi connectivity index (χ4v) is 1.80. The molecule has 0 aliphatic carbocycles. The number of hydrogen-bond donors (Lipinski definition) is 1. The molecule has 0 saturated carbocycles. The van der Waals surface area contributed by atoms with Gasteiger partial charge in [-0.1, -0.05) is 5.21 Å². The zero-order valence-corrected chi connectivity index (χ0v) is 11.0. The Bertz CT molecular complexity index is 660. The van der Waals surface area contributed by atoms with Crippen molar-refractivity contribution >= 4 is 5.97 Å². The Morgan fingerprint density at radius 2 is 2.10 bits per heavy atom. The highest BCUT2D eigenvalue weighted by Crippen LogP contribution is 2.31. The summed E-state index contributed by atoms with van der Waals surface area (Å²) in [6.07, 6.45) is -3.68. The lowest BCUT2D eigenvalue weighted by Gasteiger charge is -2.12. The van der Waals surface area contributed by atoms with Crippen molar-refractivity contribution in [2.24, 2.45) is 0 Å². The smallest absolute Gasteiger partial charge is 0.435 e. The van der Waals surface area contributed by atoms with Gasteiger partial charge in [0.15, 0.2) is 5.69 Å². The average molecular weight is 304 g/mol. The summed E-state index contributed by atoms with van der Waals surface area (Å²) in [5.41, 5.74) is -2.56. The lowest BCUT2D eigenvalue weighted by molar-refractivity contribution is -0.144. The third-order valence-electron chi connectivity index (χ3n) is 2.63. The molecular formula is C10H11F3N6O2. The first-order chi connectivity index (χ1) is 9.71. The fourth-order valence-electron chi connectivity index (χ4n) is 1.80. The molecule has 21 heavy (non-hydrogen) atoms. The van der Waals surface area contributed by atoms with Crippen molar-refractivity contribution in [3.05, 3.63) is 23.5 Å². The Kier molecular flexibility index (Phi) is 3.66. The molecule has 0 saturated heterocycles. The van der Waals surface area contributed by atoms with Gasteiger partial charge in [-0.3, -0.25) is 0 Å². The second-order valence-corrected chi connectivity index (χ2v) is 4.46. The molecule has 2 aromatic heterocycles. The molecule has 2 aromatic rings. The van der Waals surface area contributed by atoms with Gasteiger partial charge in [0, 0.05) is 6.04 Å². The molecule has 0 aromatic carbocycles. The second kappa shape index (κ2) is 5.14. The highest BCUT2D eigenvalue weighted by Gasteiger charge is 2.41. The summed E-state index contributed by atoms with van der Waals surface area (Å²) in [6.45, 7) is 3.19. The SMILES string of the molecule is CC(C)n1ncnc1Cn1nnc(C(=O)O)c1C(F)(F)F. The summed E-state index contributed by atoms with van der Waals surface area (Å²) in [6, 6.07) is -0.112. The summed E-state index contributed by atoms with van der Waals surface area (Å²) in [5, 5.41) is 19.0. The van der Waals surface area contributed by atoms with E-state index in [0.717, 1.165) is 0 Å². The first-order valence-corrected chi connectivity index (χ1v) is 5.84. The second-order valence-electron chi connectivity index (χ2n) is 4.46. The van der Waals surface area contributed by atoms with Gasteiger partial charge in [-0.15, -0.1) is 5.10 Å². The van der Waals surface area contributed by atoms with Crippen LogP contribution in [-0.4, -0.2) is 40.8 Å².